The van der Waals surface area contributed by atoms with Crippen LogP contribution in [-0.2, 0) is 13.1 Å². The fourth-order valence-corrected chi connectivity index (χ4v) is 3.32. The molecule has 0 saturated carbocycles. The van der Waals surface area contributed by atoms with Crippen LogP contribution in [0.5, 0.6) is 5.75 Å². The maximum atomic E-state index is 13.2. The second kappa shape index (κ2) is 9.60. The van der Waals surface area contributed by atoms with E-state index in [1.165, 1.54) is 45.5 Å². The molecule has 33 heavy (non-hydrogen) atoms. The first-order chi connectivity index (χ1) is 15.6. The van der Waals surface area contributed by atoms with Gasteiger partial charge in [-0.05, 0) is 36.3 Å². The van der Waals surface area contributed by atoms with Crippen molar-refractivity contribution in [3.05, 3.63) is 110 Å². The van der Waals surface area contributed by atoms with E-state index in [0.29, 0.717) is 22.5 Å². The van der Waals surface area contributed by atoms with Crippen LogP contribution in [0.15, 0.2) is 72.1 Å². The molecule has 0 saturated heterocycles. The van der Waals surface area contributed by atoms with E-state index in [1.807, 2.05) is 0 Å². The Labute approximate surface area is 186 Å². The van der Waals surface area contributed by atoms with Gasteiger partial charge in [0.15, 0.2) is 0 Å². The summed E-state index contributed by atoms with van der Waals surface area (Å²) in [6, 6.07) is 11.2. The van der Waals surface area contributed by atoms with E-state index in [-0.39, 0.29) is 30.2 Å². The molecule has 0 spiro atoms. The molecule has 0 atom stereocenters. The highest BCUT2D eigenvalue weighted by atomic mass is 19.4. The van der Waals surface area contributed by atoms with Gasteiger partial charge >= 0.3 is 12.1 Å². The van der Waals surface area contributed by atoms with Gasteiger partial charge in [-0.25, -0.2) is 4.79 Å². The summed E-state index contributed by atoms with van der Waals surface area (Å²) in [7, 11) is 0. The zero-order valence-electron chi connectivity index (χ0n) is 17.6. The van der Waals surface area contributed by atoms with Crippen molar-refractivity contribution in [2.45, 2.75) is 26.4 Å². The number of hydrogen-bond donors (Lipinski definition) is 0. The van der Waals surface area contributed by atoms with E-state index < -0.39 is 11.3 Å². The smallest absolute Gasteiger partial charge is 0.406 e. The summed E-state index contributed by atoms with van der Waals surface area (Å²) in [6.45, 7) is 5.72. The zero-order chi connectivity index (χ0) is 24.2. The number of nitrogens with zero attached hydrogens (tertiary/aromatic N) is 3. The predicted octanol–water partition coefficient (Wildman–Crippen LogP) is 5.06. The highest BCUT2D eigenvalue weighted by Crippen LogP contribution is 2.23. The molecular formula is C23H20F3N3O4. The third-order valence-electron chi connectivity index (χ3n) is 4.90. The molecule has 7 nitrogen and oxygen atoms in total. The van der Waals surface area contributed by atoms with Crippen molar-refractivity contribution in [1.29, 1.82) is 0 Å². The number of nitro groups is 1. The van der Waals surface area contributed by atoms with E-state index in [1.54, 1.807) is 37.3 Å². The van der Waals surface area contributed by atoms with Crippen LogP contribution in [0.3, 0.4) is 0 Å². The minimum atomic E-state index is -4.78. The number of alkyl halides is 3. The summed E-state index contributed by atoms with van der Waals surface area (Å²) >= 11 is 0. The van der Waals surface area contributed by atoms with Crippen molar-refractivity contribution >= 4 is 11.8 Å². The summed E-state index contributed by atoms with van der Waals surface area (Å²) in [6.07, 6.45) is 0.195. The van der Waals surface area contributed by atoms with Gasteiger partial charge in [0.1, 0.15) is 5.75 Å². The molecule has 0 amide bonds. The standard InChI is InChI=1S/C23H20F3N3O4/c1-3-4-5-21-16(2)27(14-18-8-12-20(13-9-18)33-23(24,25)26)22(30)28(21)15-17-6-10-19(11-7-17)29(31)32/h3-13H,1,14-15H2,2H3/b5-4-. The molecule has 0 bridgehead atoms. The zero-order valence-corrected chi connectivity index (χ0v) is 17.6. The van der Waals surface area contributed by atoms with E-state index in [9.17, 15) is 28.1 Å². The second-order valence-electron chi connectivity index (χ2n) is 7.14. The Morgan fingerprint density at radius 3 is 2.09 bits per heavy atom. The number of benzene rings is 2. The summed E-state index contributed by atoms with van der Waals surface area (Å²) in [4.78, 5) is 23.6. The molecule has 2 aromatic carbocycles. The lowest BCUT2D eigenvalue weighted by atomic mass is 10.2. The Morgan fingerprint density at radius 1 is 1.03 bits per heavy atom. The molecule has 0 aliphatic carbocycles. The van der Waals surface area contributed by atoms with Crippen LogP contribution in [0.25, 0.3) is 6.08 Å². The van der Waals surface area contributed by atoms with E-state index >= 15 is 0 Å². The molecule has 3 aromatic rings. The third-order valence-corrected chi connectivity index (χ3v) is 4.90. The topological polar surface area (TPSA) is 79.3 Å². The molecule has 0 fully saturated rings. The largest absolute Gasteiger partial charge is 0.573 e. The number of ether oxygens (including phenoxy) is 1. The number of allylic oxidation sites excluding steroid dienone is 2. The Morgan fingerprint density at radius 2 is 1.58 bits per heavy atom. The summed E-state index contributed by atoms with van der Waals surface area (Å²) < 4.78 is 44.0. The van der Waals surface area contributed by atoms with Crippen LogP contribution in [-0.4, -0.2) is 20.4 Å². The summed E-state index contributed by atoms with van der Waals surface area (Å²) in [5.41, 5.74) is 2.20. The fraction of sp³-hybridized carbons (Fsp3) is 0.174. The van der Waals surface area contributed by atoms with Crippen molar-refractivity contribution in [2.24, 2.45) is 0 Å². The molecule has 0 N–H and O–H groups in total. The van der Waals surface area contributed by atoms with Crippen molar-refractivity contribution in [3.63, 3.8) is 0 Å². The predicted molar refractivity (Wildman–Crippen MR) is 117 cm³/mol. The van der Waals surface area contributed by atoms with Gasteiger partial charge in [0.25, 0.3) is 5.69 Å². The van der Waals surface area contributed by atoms with Crippen LogP contribution in [0.2, 0.25) is 0 Å². The molecule has 1 aromatic heterocycles. The van der Waals surface area contributed by atoms with Gasteiger partial charge in [0.2, 0.25) is 0 Å². The monoisotopic (exact) mass is 459 g/mol. The van der Waals surface area contributed by atoms with E-state index in [0.717, 1.165) is 0 Å². The number of rotatable bonds is 8. The fourth-order valence-electron chi connectivity index (χ4n) is 3.32. The van der Waals surface area contributed by atoms with Gasteiger partial charge < -0.3 is 4.74 Å². The maximum absolute atomic E-state index is 13.2. The number of aromatic nitrogens is 2. The highest BCUT2D eigenvalue weighted by molar-refractivity contribution is 5.50. The Hall–Kier alpha value is -4.08. The highest BCUT2D eigenvalue weighted by Gasteiger charge is 2.31. The average molecular weight is 459 g/mol. The number of halogens is 3. The number of nitro benzene ring substituents is 1. The molecule has 0 unspecified atom stereocenters. The molecule has 3 rings (SSSR count). The average Bonchev–Trinajstić information content (AvgIpc) is 2.97. The van der Waals surface area contributed by atoms with Gasteiger partial charge in [-0.15, -0.1) is 13.2 Å². The number of non-ortho nitro benzene ring substituents is 1. The first-order valence-electron chi connectivity index (χ1n) is 9.76. The Balaban J connectivity index is 1.93. The molecule has 10 heteroatoms. The normalized spacial score (nSPS) is 11.6. The van der Waals surface area contributed by atoms with Gasteiger partial charge in [-0.1, -0.05) is 43.0 Å². The lowest BCUT2D eigenvalue weighted by Gasteiger charge is -2.10. The quantitative estimate of drug-likeness (QED) is 0.268. The minimum Gasteiger partial charge on any atom is -0.406 e. The van der Waals surface area contributed by atoms with Gasteiger partial charge in [-0.2, -0.15) is 0 Å². The summed E-state index contributed by atoms with van der Waals surface area (Å²) in [5, 5.41) is 10.9. The van der Waals surface area contributed by atoms with Crippen LogP contribution in [0.4, 0.5) is 18.9 Å². The molecule has 1 heterocycles. The second-order valence-corrected chi connectivity index (χ2v) is 7.14. The van der Waals surface area contributed by atoms with E-state index in [4.69, 9.17) is 0 Å². The Bertz CT molecular complexity index is 1240. The van der Waals surface area contributed by atoms with Crippen LogP contribution in [0, 0.1) is 17.0 Å². The third kappa shape index (κ3) is 5.79. The molecule has 172 valence electrons. The first-order valence-corrected chi connectivity index (χ1v) is 9.76. The minimum absolute atomic E-state index is 0.0513. The molecule has 0 aliphatic rings. The SMILES string of the molecule is C=C/C=C\c1c(C)n(Cc2ccc(OC(F)(F)F)cc2)c(=O)n1Cc1ccc([N+](=O)[O-])cc1. The lowest BCUT2D eigenvalue weighted by Crippen LogP contribution is -2.26. The summed E-state index contributed by atoms with van der Waals surface area (Å²) in [5.74, 6) is -0.347. The molecule has 0 radical (unpaired) electrons. The number of hydrogen-bond acceptors (Lipinski definition) is 4. The van der Waals surface area contributed by atoms with Crippen LogP contribution < -0.4 is 10.4 Å². The van der Waals surface area contributed by atoms with Crippen molar-refractivity contribution in [1.82, 2.24) is 9.13 Å². The van der Waals surface area contributed by atoms with Crippen LogP contribution in [0.1, 0.15) is 22.5 Å². The maximum Gasteiger partial charge on any atom is 0.573 e. The van der Waals surface area contributed by atoms with Crippen LogP contribution >= 0.6 is 0 Å². The first kappa shape index (κ1) is 23.6. The van der Waals surface area contributed by atoms with Crippen molar-refractivity contribution < 1.29 is 22.8 Å². The van der Waals surface area contributed by atoms with Gasteiger partial charge in [-0.3, -0.25) is 19.2 Å². The molecular weight excluding hydrogens is 439 g/mol. The van der Waals surface area contributed by atoms with Gasteiger partial charge in [0.05, 0.1) is 23.7 Å². The van der Waals surface area contributed by atoms with Gasteiger partial charge in [0, 0.05) is 17.8 Å². The number of imidazole rings is 1. The van der Waals surface area contributed by atoms with Crippen molar-refractivity contribution in [2.75, 3.05) is 0 Å². The van der Waals surface area contributed by atoms with E-state index in [2.05, 4.69) is 11.3 Å². The Kier molecular flexibility index (Phi) is 6.86. The molecule has 0 aliphatic heterocycles. The lowest BCUT2D eigenvalue weighted by molar-refractivity contribution is -0.384. The van der Waals surface area contributed by atoms with Crippen molar-refractivity contribution in [3.8, 4) is 5.75 Å².